The maximum atomic E-state index is 12.8. The maximum Gasteiger partial charge on any atom is 0.266 e. The minimum Gasteiger partial charge on any atom is -0.340 e. The van der Waals surface area contributed by atoms with Crippen molar-refractivity contribution in [2.75, 3.05) is 13.1 Å². The number of carbonyl (C=O) groups excluding carboxylic acids is 2. The second-order valence-corrected chi connectivity index (χ2v) is 9.35. The normalized spacial score (nSPS) is 21.3. The molecule has 2 fully saturated rings. The Bertz CT molecular complexity index is 789. The summed E-state index contributed by atoms with van der Waals surface area (Å²) in [4.78, 5) is 29.8. The third-order valence-electron chi connectivity index (χ3n) is 5.75. The number of likely N-dealkylation sites (tertiary alicyclic amines) is 1. The van der Waals surface area contributed by atoms with E-state index < -0.39 is 0 Å². The molecule has 2 heterocycles. The molecule has 156 valence electrons. The minimum absolute atomic E-state index is 0.0450. The molecular weight excluding hydrogens is 400 g/mol. The molecule has 0 unspecified atom stereocenters. The molecule has 0 saturated carbocycles. The van der Waals surface area contributed by atoms with Crippen LogP contribution in [0.25, 0.3) is 6.08 Å². The molecule has 4 nitrogen and oxygen atoms in total. The van der Waals surface area contributed by atoms with Crippen LogP contribution in [-0.2, 0) is 16.0 Å². The number of carbonyl (C=O) groups is 2. The van der Waals surface area contributed by atoms with Crippen LogP contribution in [0, 0.1) is 0 Å². The standard InChI is InChI=1S/C23H30N2O2S2/c1-3-17-10-12-18(13-11-17)16-20-22(27)25(23(28)29-20)15-7-9-21(26)24-14-6-5-8-19(24)4-2/h10-13,16,19H,3-9,14-15H2,1-2H3/b20-16-/t19-/m0/s1. The molecule has 29 heavy (non-hydrogen) atoms. The smallest absolute Gasteiger partial charge is 0.266 e. The Labute approximate surface area is 183 Å². The molecule has 0 aliphatic carbocycles. The van der Waals surface area contributed by atoms with E-state index in [1.165, 1.54) is 23.7 Å². The van der Waals surface area contributed by atoms with E-state index in [0.717, 1.165) is 37.8 Å². The maximum absolute atomic E-state index is 12.8. The molecule has 0 bridgehead atoms. The molecule has 3 rings (SSSR count). The van der Waals surface area contributed by atoms with E-state index in [1.807, 2.05) is 23.1 Å². The number of thioether (sulfide) groups is 1. The fourth-order valence-electron chi connectivity index (χ4n) is 3.98. The van der Waals surface area contributed by atoms with Crippen LogP contribution in [0.1, 0.15) is 63.5 Å². The molecule has 2 aliphatic heterocycles. The summed E-state index contributed by atoms with van der Waals surface area (Å²) in [6, 6.07) is 8.62. The number of nitrogens with zero attached hydrogens (tertiary/aromatic N) is 2. The van der Waals surface area contributed by atoms with E-state index in [2.05, 4.69) is 26.0 Å². The second-order valence-electron chi connectivity index (χ2n) is 7.68. The number of hydrogen-bond acceptors (Lipinski definition) is 4. The van der Waals surface area contributed by atoms with Crippen LogP contribution in [-0.4, -0.2) is 45.1 Å². The SMILES string of the molecule is CCc1ccc(/C=C2\SC(=S)N(CCCC(=O)N3CCCC[C@@H]3CC)C2=O)cc1. The highest BCUT2D eigenvalue weighted by molar-refractivity contribution is 8.26. The van der Waals surface area contributed by atoms with Gasteiger partial charge in [0.1, 0.15) is 4.32 Å². The number of aryl methyl sites for hydroxylation is 1. The van der Waals surface area contributed by atoms with Gasteiger partial charge in [-0.25, -0.2) is 0 Å². The molecule has 2 saturated heterocycles. The van der Waals surface area contributed by atoms with Crippen molar-refractivity contribution >= 4 is 46.2 Å². The number of amides is 2. The average Bonchev–Trinajstić information content (AvgIpc) is 3.01. The highest BCUT2D eigenvalue weighted by atomic mass is 32.2. The van der Waals surface area contributed by atoms with E-state index in [4.69, 9.17) is 12.2 Å². The summed E-state index contributed by atoms with van der Waals surface area (Å²) in [6.45, 7) is 5.65. The fraction of sp³-hybridized carbons (Fsp3) is 0.522. The van der Waals surface area contributed by atoms with Gasteiger partial charge in [0.25, 0.3) is 5.91 Å². The van der Waals surface area contributed by atoms with E-state index in [1.54, 1.807) is 4.90 Å². The molecule has 2 aliphatic rings. The Morgan fingerprint density at radius 2 is 2.00 bits per heavy atom. The van der Waals surface area contributed by atoms with Gasteiger partial charge in [-0.15, -0.1) is 0 Å². The zero-order valence-electron chi connectivity index (χ0n) is 17.4. The van der Waals surface area contributed by atoms with Gasteiger partial charge in [0.05, 0.1) is 4.91 Å². The topological polar surface area (TPSA) is 40.6 Å². The monoisotopic (exact) mass is 430 g/mol. The van der Waals surface area contributed by atoms with Crippen molar-refractivity contribution in [3.05, 3.63) is 40.3 Å². The van der Waals surface area contributed by atoms with Gasteiger partial charge in [-0.2, -0.15) is 0 Å². The van der Waals surface area contributed by atoms with Crippen molar-refractivity contribution in [2.24, 2.45) is 0 Å². The highest BCUT2D eigenvalue weighted by Gasteiger charge is 2.32. The van der Waals surface area contributed by atoms with Gasteiger partial charge < -0.3 is 4.90 Å². The van der Waals surface area contributed by atoms with E-state index >= 15 is 0 Å². The molecule has 1 aromatic carbocycles. The minimum atomic E-state index is -0.0450. The first-order valence-electron chi connectivity index (χ1n) is 10.7. The van der Waals surface area contributed by atoms with Crippen LogP contribution >= 0.6 is 24.0 Å². The molecule has 1 atom stereocenters. The summed E-state index contributed by atoms with van der Waals surface area (Å²) >= 11 is 6.78. The predicted molar refractivity (Wildman–Crippen MR) is 125 cm³/mol. The van der Waals surface area contributed by atoms with E-state index in [9.17, 15) is 9.59 Å². The molecule has 0 spiro atoms. The van der Waals surface area contributed by atoms with Crippen molar-refractivity contribution in [2.45, 2.75) is 64.8 Å². The molecular formula is C23H30N2O2S2. The zero-order chi connectivity index (χ0) is 20.8. The van der Waals surface area contributed by atoms with Crippen molar-refractivity contribution in [3.8, 4) is 0 Å². The van der Waals surface area contributed by atoms with Gasteiger partial charge >= 0.3 is 0 Å². The van der Waals surface area contributed by atoms with Crippen molar-refractivity contribution < 1.29 is 9.59 Å². The van der Waals surface area contributed by atoms with Gasteiger partial charge in [-0.05, 0) is 55.7 Å². The predicted octanol–water partition coefficient (Wildman–Crippen LogP) is 5.02. The van der Waals surface area contributed by atoms with Crippen molar-refractivity contribution in [3.63, 3.8) is 0 Å². The molecule has 0 radical (unpaired) electrons. The molecule has 0 aromatic heterocycles. The summed E-state index contributed by atoms with van der Waals surface area (Å²) in [5.41, 5.74) is 2.28. The van der Waals surface area contributed by atoms with Crippen LogP contribution in [0.5, 0.6) is 0 Å². The van der Waals surface area contributed by atoms with Crippen LogP contribution in [0.3, 0.4) is 0 Å². The Balaban J connectivity index is 1.54. The Morgan fingerprint density at radius 1 is 1.24 bits per heavy atom. The Kier molecular flexibility index (Phi) is 7.90. The highest BCUT2D eigenvalue weighted by Crippen LogP contribution is 2.33. The Hall–Kier alpha value is -1.66. The Morgan fingerprint density at radius 3 is 2.69 bits per heavy atom. The first-order valence-corrected chi connectivity index (χ1v) is 11.9. The molecule has 0 N–H and O–H groups in total. The summed E-state index contributed by atoms with van der Waals surface area (Å²) in [5.74, 6) is 0.171. The van der Waals surface area contributed by atoms with Gasteiger partial charge in [0.2, 0.25) is 5.91 Å². The molecule has 1 aromatic rings. The van der Waals surface area contributed by atoms with E-state index in [-0.39, 0.29) is 11.8 Å². The first kappa shape index (κ1) is 22.0. The third-order valence-corrected chi connectivity index (χ3v) is 7.13. The summed E-state index contributed by atoms with van der Waals surface area (Å²) in [5, 5.41) is 0. The quantitative estimate of drug-likeness (QED) is 0.450. The summed E-state index contributed by atoms with van der Waals surface area (Å²) in [6.07, 6.45) is 8.47. The third kappa shape index (κ3) is 5.48. The lowest BCUT2D eigenvalue weighted by atomic mass is 9.99. The number of hydrogen-bond donors (Lipinski definition) is 0. The number of rotatable bonds is 7. The largest absolute Gasteiger partial charge is 0.340 e. The lowest BCUT2D eigenvalue weighted by Crippen LogP contribution is -2.43. The van der Waals surface area contributed by atoms with Gasteiger partial charge in [-0.1, -0.05) is 62.1 Å². The average molecular weight is 431 g/mol. The van der Waals surface area contributed by atoms with Crippen LogP contribution in [0.2, 0.25) is 0 Å². The zero-order valence-corrected chi connectivity index (χ0v) is 19.0. The van der Waals surface area contributed by atoms with Crippen molar-refractivity contribution in [1.29, 1.82) is 0 Å². The van der Waals surface area contributed by atoms with Crippen LogP contribution in [0.4, 0.5) is 0 Å². The van der Waals surface area contributed by atoms with E-state index in [0.29, 0.717) is 34.7 Å². The van der Waals surface area contributed by atoms with Crippen molar-refractivity contribution in [1.82, 2.24) is 9.80 Å². The number of thiocarbonyl (C=S) groups is 1. The lowest BCUT2D eigenvalue weighted by Gasteiger charge is -2.35. The lowest BCUT2D eigenvalue weighted by molar-refractivity contribution is -0.135. The summed E-state index contributed by atoms with van der Waals surface area (Å²) < 4.78 is 0.586. The van der Waals surface area contributed by atoms with Crippen LogP contribution in [0.15, 0.2) is 29.2 Å². The number of piperidine rings is 1. The van der Waals surface area contributed by atoms with Gasteiger partial charge in [0, 0.05) is 25.6 Å². The first-order chi connectivity index (χ1) is 14.0. The molecule has 6 heteroatoms. The molecule has 2 amide bonds. The fourth-order valence-corrected chi connectivity index (χ4v) is 5.29. The van der Waals surface area contributed by atoms with Gasteiger partial charge in [0.15, 0.2) is 0 Å². The summed E-state index contributed by atoms with van der Waals surface area (Å²) in [7, 11) is 0. The number of benzene rings is 1. The van der Waals surface area contributed by atoms with Crippen LogP contribution < -0.4 is 0 Å². The second kappa shape index (κ2) is 10.4. The van der Waals surface area contributed by atoms with Gasteiger partial charge in [-0.3, -0.25) is 14.5 Å².